The van der Waals surface area contributed by atoms with Gasteiger partial charge in [0.05, 0.1) is 18.3 Å². The van der Waals surface area contributed by atoms with Gasteiger partial charge in [-0.15, -0.1) is 0 Å². The second kappa shape index (κ2) is 14.9. The summed E-state index contributed by atoms with van der Waals surface area (Å²) >= 11 is 0. The van der Waals surface area contributed by atoms with Crippen molar-refractivity contribution in [3.05, 3.63) is 0 Å². The molecule has 0 radical (unpaired) electrons. The summed E-state index contributed by atoms with van der Waals surface area (Å²) in [5.41, 5.74) is 0. The first kappa shape index (κ1) is 22.4. The average molecular weight is 332 g/mol. The number of aliphatic hydroxyl groups is 3. The summed E-state index contributed by atoms with van der Waals surface area (Å²) in [7, 11) is 0. The average Bonchev–Trinajstić information content (AvgIpc) is 2.51. The topological polar surface area (TPSA) is 98.0 Å². The zero-order valence-corrected chi connectivity index (χ0v) is 14.6. The molecule has 0 aromatic carbocycles. The first-order chi connectivity index (χ1) is 11.0. The normalized spacial score (nSPS) is 15.3. The fourth-order valence-corrected chi connectivity index (χ4v) is 2.69. The first-order valence-corrected chi connectivity index (χ1v) is 9.23. The molecule has 23 heavy (non-hydrogen) atoms. The van der Waals surface area contributed by atoms with Crippen LogP contribution in [0.3, 0.4) is 0 Å². The lowest BCUT2D eigenvalue weighted by Crippen LogP contribution is -2.26. The molecule has 3 atom stereocenters. The molecule has 0 bridgehead atoms. The van der Waals surface area contributed by atoms with Gasteiger partial charge in [0.15, 0.2) is 0 Å². The van der Waals surface area contributed by atoms with E-state index in [4.69, 9.17) is 5.11 Å². The van der Waals surface area contributed by atoms with Gasteiger partial charge in [0.2, 0.25) is 0 Å². The van der Waals surface area contributed by atoms with Gasteiger partial charge >= 0.3 is 5.97 Å². The maximum Gasteiger partial charge on any atom is 0.303 e. The lowest BCUT2D eigenvalue weighted by atomic mass is 9.99. The standard InChI is InChI=1S/C18H36O5/c1-2-3-10-15(19)11-9-13-17(21)16(20)12-7-5-4-6-8-14-18(22)23/h15-17,19-21H,2-14H2,1H3,(H,22,23). The predicted molar refractivity (Wildman–Crippen MR) is 91.4 cm³/mol. The molecule has 0 fully saturated rings. The number of hydrogen-bond donors (Lipinski definition) is 4. The number of rotatable bonds is 16. The Bertz CT molecular complexity index is 283. The number of hydrogen-bond acceptors (Lipinski definition) is 4. The summed E-state index contributed by atoms with van der Waals surface area (Å²) in [5.74, 6) is -0.747. The maximum atomic E-state index is 10.4. The van der Waals surface area contributed by atoms with Crippen molar-refractivity contribution in [2.24, 2.45) is 0 Å². The summed E-state index contributed by atoms with van der Waals surface area (Å²) in [6.45, 7) is 2.10. The van der Waals surface area contributed by atoms with E-state index < -0.39 is 18.2 Å². The van der Waals surface area contributed by atoms with Gasteiger partial charge in [0, 0.05) is 6.42 Å². The van der Waals surface area contributed by atoms with Crippen LogP contribution in [0.2, 0.25) is 0 Å². The third-order valence-electron chi connectivity index (χ3n) is 4.26. The van der Waals surface area contributed by atoms with E-state index in [0.29, 0.717) is 25.7 Å². The molecule has 0 rings (SSSR count). The highest BCUT2D eigenvalue weighted by atomic mass is 16.4. The third kappa shape index (κ3) is 14.7. The molecule has 0 spiro atoms. The third-order valence-corrected chi connectivity index (χ3v) is 4.26. The van der Waals surface area contributed by atoms with Crippen LogP contribution in [0.5, 0.6) is 0 Å². The number of carboxylic acids is 1. The molecule has 0 aliphatic carbocycles. The van der Waals surface area contributed by atoms with E-state index in [1.807, 2.05) is 0 Å². The van der Waals surface area contributed by atoms with Gasteiger partial charge in [-0.25, -0.2) is 0 Å². The molecule has 0 aliphatic heterocycles. The molecule has 0 aliphatic rings. The Hall–Kier alpha value is -0.650. The van der Waals surface area contributed by atoms with E-state index in [0.717, 1.165) is 51.4 Å². The number of carboxylic acid groups (broad SMARTS) is 1. The van der Waals surface area contributed by atoms with Gasteiger partial charge in [-0.1, -0.05) is 45.4 Å². The molecule has 0 aromatic rings. The lowest BCUT2D eigenvalue weighted by Gasteiger charge is -2.18. The predicted octanol–water partition coefficient (Wildman–Crippen LogP) is 3.24. The summed E-state index contributed by atoms with van der Waals surface area (Å²) in [4.78, 5) is 10.4. The van der Waals surface area contributed by atoms with E-state index in [9.17, 15) is 20.1 Å². The number of aliphatic hydroxyl groups excluding tert-OH is 3. The van der Waals surface area contributed by atoms with Crippen LogP contribution in [-0.4, -0.2) is 44.7 Å². The number of aliphatic carboxylic acids is 1. The molecular formula is C18H36O5. The van der Waals surface area contributed by atoms with Gasteiger partial charge < -0.3 is 20.4 Å². The zero-order valence-electron chi connectivity index (χ0n) is 14.6. The molecule has 0 saturated heterocycles. The van der Waals surface area contributed by atoms with E-state index in [-0.39, 0.29) is 12.5 Å². The van der Waals surface area contributed by atoms with Crippen molar-refractivity contribution in [2.45, 2.75) is 109 Å². The van der Waals surface area contributed by atoms with Crippen LogP contribution in [-0.2, 0) is 4.79 Å². The van der Waals surface area contributed by atoms with Gasteiger partial charge in [-0.3, -0.25) is 4.79 Å². The first-order valence-electron chi connectivity index (χ1n) is 9.23. The second-order valence-corrected chi connectivity index (χ2v) is 6.56. The Kier molecular flexibility index (Phi) is 14.5. The van der Waals surface area contributed by atoms with Crippen LogP contribution >= 0.6 is 0 Å². The monoisotopic (exact) mass is 332 g/mol. The highest BCUT2D eigenvalue weighted by Crippen LogP contribution is 2.15. The lowest BCUT2D eigenvalue weighted by molar-refractivity contribution is -0.137. The molecule has 3 unspecified atom stereocenters. The Morgan fingerprint density at radius 2 is 1.26 bits per heavy atom. The Labute approximate surface area is 140 Å². The van der Waals surface area contributed by atoms with Crippen molar-refractivity contribution < 1.29 is 25.2 Å². The second-order valence-electron chi connectivity index (χ2n) is 6.56. The van der Waals surface area contributed by atoms with Crippen molar-refractivity contribution in [3.63, 3.8) is 0 Å². The Morgan fingerprint density at radius 3 is 1.87 bits per heavy atom. The minimum Gasteiger partial charge on any atom is -0.481 e. The molecule has 0 amide bonds. The number of unbranched alkanes of at least 4 members (excludes halogenated alkanes) is 5. The van der Waals surface area contributed by atoms with Crippen LogP contribution < -0.4 is 0 Å². The summed E-state index contributed by atoms with van der Waals surface area (Å²) in [6, 6.07) is 0. The van der Waals surface area contributed by atoms with Gasteiger partial charge in [-0.05, 0) is 38.5 Å². The van der Waals surface area contributed by atoms with E-state index in [1.54, 1.807) is 0 Å². The SMILES string of the molecule is CCCCC(O)CCCC(O)C(O)CCCCCCCC(=O)O. The molecule has 0 aromatic heterocycles. The van der Waals surface area contributed by atoms with E-state index >= 15 is 0 Å². The van der Waals surface area contributed by atoms with E-state index in [2.05, 4.69) is 6.92 Å². The maximum absolute atomic E-state index is 10.4. The van der Waals surface area contributed by atoms with Crippen molar-refractivity contribution in [1.82, 2.24) is 0 Å². The van der Waals surface area contributed by atoms with Gasteiger partial charge in [0.25, 0.3) is 0 Å². The Balaban J connectivity index is 3.51. The summed E-state index contributed by atoms with van der Waals surface area (Å²) in [6.07, 6.45) is 8.39. The van der Waals surface area contributed by atoms with Crippen molar-refractivity contribution in [2.75, 3.05) is 0 Å². The van der Waals surface area contributed by atoms with Crippen molar-refractivity contribution in [3.8, 4) is 0 Å². The quantitative estimate of drug-likeness (QED) is 0.325. The molecule has 5 nitrogen and oxygen atoms in total. The zero-order chi connectivity index (χ0) is 17.5. The largest absolute Gasteiger partial charge is 0.481 e. The fourth-order valence-electron chi connectivity index (χ4n) is 2.69. The molecule has 138 valence electrons. The Morgan fingerprint density at radius 1 is 0.739 bits per heavy atom. The highest BCUT2D eigenvalue weighted by Gasteiger charge is 2.16. The smallest absolute Gasteiger partial charge is 0.303 e. The van der Waals surface area contributed by atoms with Gasteiger partial charge in [-0.2, -0.15) is 0 Å². The number of carbonyl (C=O) groups is 1. The van der Waals surface area contributed by atoms with Crippen molar-refractivity contribution in [1.29, 1.82) is 0 Å². The molecule has 5 heteroatoms. The molecular weight excluding hydrogens is 296 g/mol. The van der Waals surface area contributed by atoms with Crippen LogP contribution in [0.25, 0.3) is 0 Å². The van der Waals surface area contributed by atoms with E-state index in [1.165, 1.54) is 0 Å². The minimum absolute atomic E-state index is 0.228. The highest BCUT2D eigenvalue weighted by molar-refractivity contribution is 5.66. The minimum atomic E-state index is -0.747. The van der Waals surface area contributed by atoms with Crippen LogP contribution in [0.15, 0.2) is 0 Å². The van der Waals surface area contributed by atoms with Crippen LogP contribution in [0.4, 0.5) is 0 Å². The summed E-state index contributed by atoms with van der Waals surface area (Å²) < 4.78 is 0. The summed E-state index contributed by atoms with van der Waals surface area (Å²) in [5, 5.41) is 38.1. The van der Waals surface area contributed by atoms with Crippen molar-refractivity contribution >= 4 is 5.97 Å². The molecule has 4 N–H and O–H groups in total. The van der Waals surface area contributed by atoms with Crippen LogP contribution in [0.1, 0.15) is 90.4 Å². The van der Waals surface area contributed by atoms with Crippen LogP contribution in [0, 0.1) is 0 Å². The molecule has 0 heterocycles. The fraction of sp³-hybridized carbons (Fsp3) is 0.944. The van der Waals surface area contributed by atoms with Gasteiger partial charge in [0.1, 0.15) is 0 Å². The molecule has 0 saturated carbocycles.